The molecule has 0 fully saturated rings. The van der Waals surface area contributed by atoms with Crippen molar-refractivity contribution in [2.45, 2.75) is 20.3 Å². The van der Waals surface area contributed by atoms with Crippen LogP contribution in [0.4, 0.5) is 0 Å². The monoisotopic (exact) mass is 253 g/mol. The van der Waals surface area contributed by atoms with Gasteiger partial charge >= 0.3 is 0 Å². The van der Waals surface area contributed by atoms with Crippen LogP contribution in [0.15, 0.2) is 29.8 Å². The zero-order valence-corrected chi connectivity index (χ0v) is 11.4. The first-order chi connectivity index (χ1) is 8.86. The first-order valence-electron chi connectivity index (χ1n) is 6.27. The maximum atomic E-state index is 4.55. The third-order valence-corrected chi connectivity index (χ3v) is 4.13. The van der Waals surface area contributed by atoms with Gasteiger partial charge in [0.1, 0.15) is 0 Å². The summed E-state index contributed by atoms with van der Waals surface area (Å²) < 4.78 is 1.30. The number of fused-ring (bicyclic) bond motifs is 3. The molecule has 0 bridgehead atoms. The highest BCUT2D eigenvalue weighted by Crippen LogP contribution is 2.23. The van der Waals surface area contributed by atoms with Crippen molar-refractivity contribution < 1.29 is 0 Å². The molecule has 0 aliphatic heterocycles. The van der Waals surface area contributed by atoms with Crippen molar-refractivity contribution in [3.63, 3.8) is 0 Å². The Hall–Kier alpha value is -1.67. The fraction of sp³-hybridized carbons (Fsp3) is 0.188. The highest BCUT2D eigenvalue weighted by molar-refractivity contribution is 7.17. The molecule has 0 atom stereocenters. The van der Waals surface area contributed by atoms with Crippen molar-refractivity contribution in [3.05, 3.63) is 40.2 Å². The molecule has 0 N–H and O–H groups in total. The molecule has 1 aromatic heterocycles. The van der Waals surface area contributed by atoms with Crippen LogP contribution in [0.2, 0.25) is 0 Å². The van der Waals surface area contributed by atoms with Crippen LogP contribution in [0.5, 0.6) is 0 Å². The van der Waals surface area contributed by atoms with Crippen molar-refractivity contribution >= 4 is 44.5 Å². The van der Waals surface area contributed by atoms with Gasteiger partial charge < -0.3 is 0 Å². The zero-order valence-electron chi connectivity index (χ0n) is 10.6. The van der Waals surface area contributed by atoms with Crippen LogP contribution >= 0.6 is 11.3 Å². The van der Waals surface area contributed by atoms with Crippen molar-refractivity contribution in [1.82, 2.24) is 4.98 Å². The molecule has 3 aromatic rings. The van der Waals surface area contributed by atoms with E-state index in [1.807, 2.05) is 5.51 Å². The van der Waals surface area contributed by atoms with Gasteiger partial charge in [-0.05, 0) is 23.9 Å². The van der Waals surface area contributed by atoms with E-state index >= 15 is 0 Å². The van der Waals surface area contributed by atoms with Gasteiger partial charge in [-0.3, -0.25) is 0 Å². The van der Waals surface area contributed by atoms with Gasteiger partial charge in [0.25, 0.3) is 0 Å². The Labute approximate surface area is 110 Å². The van der Waals surface area contributed by atoms with Crippen LogP contribution < -0.4 is 10.4 Å². The second-order valence-electron chi connectivity index (χ2n) is 4.30. The van der Waals surface area contributed by atoms with E-state index in [1.165, 1.54) is 25.9 Å². The van der Waals surface area contributed by atoms with Gasteiger partial charge in [0, 0.05) is 10.6 Å². The average molecular weight is 253 g/mol. The SMILES string of the molecule is C/C=c1\c(=C/CC)c2ccccc2c2scnc12. The summed E-state index contributed by atoms with van der Waals surface area (Å²) in [5.41, 5.74) is 3.08. The Morgan fingerprint density at radius 3 is 2.67 bits per heavy atom. The Balaban J connectivity index is 2.74. The Bertz CT molecular complexity index is 827. The summed E-state index contributed by atoms with van der Waals surface area (Å²) in [6, 6.07) is 8.62. The fourth-order valence-corrected chi connectivity index (χ4v) is 3.38. The topological polar surface area (TPSA) is 12.9 Å². The quantitative estimate of drug-likeness (QED) is 0.647. The van der Waals surface area contributed by atoms with E-state index in [2.05, 4.69) is 55.2 Å². The van der Waals surface area contributed by atoms with Gasteiger partial charge in [-0.1, -0.05) is 43.3 Å². The first-order valence-corrected chi connectivity index (χ1v) is 7.15. The van der Waals surface area contributed by atoms with E-state index in [-0.39, 0.29) is 0 Å². The van der Waals surface area contributed by atoms with Gasteiger partial charge in [0.15, 0.2) is 0 Å². The van der Waals surface area contributed by atoms with Gasteiger partial charge in [-0.2, -0.15) is 0 Å². The number of rotatable bonds is 1. The van der Waals surface area contributed by atoms with Gasteiger partial charge in [0.2, 0.25) is 0 Å². The minimum absolute atomic E-state index is 1.04. The fourth-order valence-electron chi connectivity index (χ4n) is 2.53. The molecule has 0 unspecified atom stereocenters. The van der Waals surface area contributed by atoms with Gasteiger partial charge in [-0.15, -0.1) is 11.3 Å². The van der Waals surface area contributed by atoms with E-state index in [0.717, 1.165) is 11.9 Å². The summed E-state index contributed by atoms with van der Waals surface area (Å²) in [5.74, 6) is 0. The van der Waals surface area contributed by atoms with Crippen LogP contribution in [0, 0.1) is 0 Å². The molecule has 3 rings (SSSR count). The molecule has 1 heterocycles. The minimum Gasteiger partial charge on any atom is -0.244 e. The number of benzene rings is 2. The summed E-state index contributed by atoms with van der Waals surface area (Å²) >= 11 is 1.73. The number of hydrogen-bond acceptors (Lipinski definition) is 2. The number of thiazole rings is 1. The van der Waals surface area contributed by atoms with Crippen molar-refractivity contribution in [2.75, 3.05) is 0 Å². The molecule has 0 aliphatic rings. The van der Waals surface area contributed by atoms with Crippen LogP contribution in [0.1, 0.15) is 20.3 Å². The third-order valence-electron chi connectivity index (χ3n) is 3.27. The number of nitrogens with zero attached hydrogens (tertiary/aromatic N) is 1. The van der Waals surface area contributed by atoms with E-state index in [1.54, 1.807) is 11.3 Å². The molecule has 1 nitrogen and oxygen atoms in total. The average Bonchev–Trinajstić information content (AvgIpc) is 2.88. The smallest absolute Gasteiger partial charge is 0.0893 e. The summed E-state index contributed by atoms with van der Waals surface area (Å²) in [7, 11) is 0. The summed E-state index contributed by atoms with van der Waals surface area (Å²) in [6.45, 7) is 4.27. The lowest BCUT2D eigenvalue weighted by Gasteiger charge is -2.02. The summed E-state index contributed by atoms with van der Waals surface area (Å²) in [4.78, 5) is 4.55. The van der Waals surface area contributed by atoms with Crippen LogP contribution in [0.25, 0.3) is 33.1 Å². The molecule has 0 aliphatic carbocycles. The van der Waals surface area contributed by atoms with Crippen LogP contribution in [-0.4, -0.2) is 4.98 Å². The summed E-state index contributed by atoms with van der Waals surface area (Å²) in [5, 5.41) is 5.25. The maximum Gasteiger partial charge on any atom is 0.0893 e. The molecule has 90 valence electrons. The number of hydrogen-bond donors (Lipinski definition) is 0. The molecule has 0 saturated heterocycles. The molecule has 0 amide bonds. The molecule has 0 radical (unpaired) electrons. The van der Waals surface area contributed by atoms with Crippen molar-refractivity contribution in [2.24, 2.45) is 0 Å². The lowest BCUT2D eigenvalue weighted by atomic mass is 10.0. The first kappa shape index (κ1) is 11.4. The molecule has 18 heavy (non-hydrogen) atoms. The molecule has 0 spiro atoms. The lowest BCUT2D eigenvalue weighted by Crippen LogP contribution is -2.26. The van der Waals surface area contributed by atoms with Crippen molar-refractivity contribution in [3.8, 4) is 0 Å². The molecule has 2 aromatic carbocycles. The zero-order chi connectivity index (χ0) is 12.5. The highest BCUT2D eigenvalue weighted by Gasteiger charge is 2.06. The largest absolute Gasteiger partial charge is 0.244 e. The predicted molar refractivity (Wildman–Crippen MR) is 81.3 cm³/mol. The van der Waals surface area contributed by atoms with Gasteiger partial charge in [-0.25, -0.2) is 4.98 Å². The van der Waals surface area contributed by atoms with Crippen LogP contribution in [-0.2, 0) is 0 Å². The second kappa shape index (κ2) is 4.54. The Kier molecular flexibility index (Phi) is 2.88. The van der Waals surface area contributed by atoms with E-state index in [9.17, 15) is 0 Å². The van der Waals surface area contributed by atoms with E-state index in [4.69, 9.17) is 0 Å². The highest BCUT2D eigenvalue weighted by atomic mass is 32.1. The maximum absolute atomic E-state index is 4.55. The summed E-state index contributed by atoms with van der Waals surface area (Å²) in [6.07, 6.45) is 5.52. The standard InChI is InChI=1S/C16H15NS/c1-3-7-12-11(4-2)15-16(18-10-17-15)14-9-6-5-8-13(12)14/h4-10H,3H2,1-2H3/b11-4+,12-7+. The van der Waals surface area contributed by atoms with Crippen molar-refractivity contribution in [1.29, 1.82) is 0 Å². The van der Waals surface area contributed by atoms with E-state index < -0.39 is 0 Å². The molecule has 0 saturated carbocycles. The number of aromatic nitrogens is 1. The Morgan fingerprint density at radius 1 is 1.17 bits per heavy atom. The lowest BCUT2D eigenvalue weighted by molar-refractivity contribution is 1.29. The predicted octanol–water partition coefficient (Wildman–Crippen LogP) is 3.44. The van der Waals surface area contributed by atoms with Crippen LogP contribution in [0.3, 0.4) is 0 Å². The molecular weight excluding hydrogens is 238 g/mol. The molecular formula is C16H15NS. The normalized spacial score (nSPS) is 13.9. The second-order valence-corrected chi connectivity index (χ2v) is 5.16. The Morgan fingerprint density at radius 2 is 1.94 bits per heavy atom. The minimum atomic E-state index is 1.04. The molecule has 2 heteroatoms. The third kappa shape index (κ3) is 1.57. The van der Waals surface area contributed by atoms with E-state index in [0.29, 0.717) is 0 Å². The van der Waals surface area contributed by atoms with Gasteiger partial charge in [0.05, 0.1) is 15.7 Å².